The minimum atomic E-state index is -0.943. The zero-order valence-electron chi connectivity index (χ0n) is 21.5. The van der Waals surface area contributed by atoms with E-state index < -0.39 is 12.4 Å². The molecule has 6 unspecified atom stereocenters. The predicted molar refractivity (Wildman–Crippen MR) is 128 cm³/mol. The zero-order chi connectivity index (χ0) is 24.2. The van der Waals surface area contributed by atoms with Crippen molar-refractivity contribution in [3.8, 4) is 0 Å². The highest BCUT2D eigenvalue weighted by Gasteiger charge is 2.23. The highest BCUT2D eigenvalue weighted by atomic mass is 16.6. The zero-order valence-corrected chi connectivity index (χ0v) is 21.5. The van der Waals surface area contributed by atoms with Crippen LogP contribution >= 0.6 is 0 Å². The third-order valence-electron chi connectivity index (χ3n) is 5.72. The van der Waals surface area contributed by atoms with Gasteiger partial charge in [-0.1, -0.05) is 51.0 Å². The Morgan fingerprint density at radius 1 is 0.903 bits per heavy atom. The van der Waals surface area contributed by atoms with Gasteiger partial charge in [0.2, 0.25) is 0 Å². The second kappa shape index (κ2) is 21.1. The molecular formula is C25H50O6. The van der Waals surface area contributed by atoms with Crippen molar-refractivity contribution < 1.29 is 29.2 Å². The van der Waals surface area contributed by atoms with Crippen LogP contribution in [-0.4, -0.2) is 70.4 Å². The molecule has 0 radical (unpaired) electrons. The molecule has 0 saturated heterocycles. The van der Waals surface area contributed by atoms with Crippen LogP contribution < -0.4 is 0 Å². The molecule has 2 N–H and O–H groups in total. The smallest absolute Gasteiger partial charge is 0.180 e. The van der Waals surface area contributed by atoms with Gasteiger partial charge in [-0.2, -0.15) is 0 Å². The number of aliphatic hydroxyl groups is 2. The van der Waals surface area contributed by atoms with Gasteiger partial charge in [0, 0.05) is 42.0 Å². The van der Waals surface area contributed by atoms with Crippen LogP contribution in [0.3, 0.4) is 0 Å². The summed E-state index contributed by atoms with van der Waals surface area (Å²) in [6, 6.07) is 0. The highest BCUT2D eigenvalue weighted by molar-refractivity contribution is 5.12. The van der Waals surface area contributed by atoms with E-state index in [-0.39, 0.29) is 6.10 Å². The normalized spacial score (nSPS) is 18.1. The van der Waals surface area contributed by atoms with Crippen LogP contribution in [-0.2, 0) is 18.9 Å². The SMILES string of the molecule is CCC(OC)C(C)CCCC(C)/C=C/C=C(\C)CC(CC(OC)C(O)OC)OC.CO. The highest BCUT2D eigenvalue weighted by Crippen LogP contribution is 2.20. The maximum Gasteiger partial charge on any atom is 0.180 e. The summed E-state index contributed by atoms with van der Waals surface area (Å²) in [5, 5.41) is 16.8. The molecule has 6 atom stereocenters. The number of rotatable bonds is 17. The monoisotopic (exact) mass is 446 g/mol. The third-order valence-corrected chi connectivity index (χ3v) is 5.72. The fourth-order valence-electron chi connectivity index (χ4n) is 3.68. The molecule has 0 saturated carbocycles. The van der Waals surface area contributed by atoms with Gasteiger partial charge < -0.3 is 29.2 Å². The van der Waals surface area contributed by atoms with Crippen molar-refractivity contribution in [3.05, 3.63) is 23.8 Å². The van der Waals surface area contributed by atoms with Gasteiger partial charge in [0.15, 0.2) is 6.29 Å². The molecule has 0 aromatic carbocycles. The lowest BCUT2D eigenvalue weighted by molar-refractivity contribution is -0.164. The summed E-state index contributed by atoms with van der Waals surface area (Å²) in [4.78, 5) is 0. The van der Waals surface area contributed by atoms with Gasteiger partial charge in [-0.15, -0.1) is 0 Å². The molecule has 0 aromatic rings. The van der Waals surface area contributed by atoms with Crippen LogP contribution in [0.4, 0.5) is 0 Å². The first-order valence-corrected chi connectivity index (χ1v) is 11.4. The molecular weight excluding hydrogens is 396 g/mol. The number of ether oxygens (including phenoxy) is 4. The minimum Gasteiger partial charge on any atom is -0.400 e. The first kappa shape index (κ1) is 32.4. The lowest BCUT2D eigenvalue weighted by atomic mass is 9.93. The molecule has 6 heteroatoms. The van der Waals surface area contributed by atoms with E-state index >= 15 is 0 Å². The average molecular weight is 447 g/mol. The van der Waals surface area contributed by atoms with Crippen molar-refractivity contribution in [2.45, 2.75) is 90.8 Å². The molecule has 0 rings (SSSR count). The fraction of sp³-hybridized carbons (Fsp3) is 0.840. The van der Waals surface area contributed by atoms with E-state index in [0.29, 0.717) is 24.4 Å². The van der Waals surface area contributed by atoms with Crippen LogP contribution in [0, 0.1) is 11.8 Å². The maximum absolute atomic E-state index is 9.83. The Morgan fingerprint density at radius 2 is 1.52 bits per heavy atom. The standard InChI is InChI=1S/C24H46O5.CH4O/c1-9-22(27-6)20(4)15-11-13-18(2)12-10-14-19(3)16-21(26-5)17-23(28-7)24(25)29-8;1-2/h10,12,14,18,20-25H,9,11,13,15-17H2,1-8H3;2H,1H3/b12-10+,19-14+;. The summed E-state index contributed by atoms with van der Waals surface area (Å²) in [6.45, 7) is 8.85. The number of aliphatic hydroxyl groups excluding tert-OH is 2. The molecule has 0 spiro atoms. The van der Waals surface area contributed by atoms with E-state index in [2.05, 4.69) is 45.9 Å². The Balaban J connectivity index is 0. The first-order valence-electron chi connectivity index (χ1n) is 11.4. The van der Waals surface area contributed by atoms with E-state index in [9.17, 15) is 5.11 Å². The molecule has 0 bridgehead atoms. The Bertz CT molecular complexity index is 447. The van der Waals surface area contributed by atoms with Crippen molar-refractivity contribution in [1.29, 1.82) is 0 Å². The molecule has 0 aliphatic rings. The van der Waals surface area contributed by atoms with Gasteiger partial charge in [0.25, 0.3) is 0 Å². The average Bonchev–Trinajstić information content (AvgIpc) is 2.78. The van der Waals surface area contributed by atoms with Gasteiger partial charge in [-0.3, -0.25) is 0 Å². The molecule has 0 aliphatic heterocycles. The van der Waals surface area contributed by atoms with Crippen molar-refractivity contribution in [3.63, 3.8) is 0 Å². The lowest BCUT2D eigenvalue weighted by Crippen LogP contribution is -2.33. The van der Waals surface area contributed by atoms with Crippen LogP contribution in [0.25, 0.3) is 0 Å². The van der Waals surface area contributed by atoms with Gasteiger partial charge in [0.1, 0.15) is 6.10 Å². The Kier molecular flexibility index (Phi) is 22.1. The summed E-state index contributed by atoms with van der Waals surface area (Å²) in [5.41, 5.74) is 1.24. The summed E-state index contributed by atoms with van der Waals surface area (Å²) in [5.74, 6) is 1.17. The number of allylic oxidation sites excluding steroid dienone is 3. The molecule has 31 heavy (non-hydrogen) atoms. The molecule has 186 valence electrons. The minimum absolute atomic E-state index is 0.0272. The quantitative estimate of drug-likeness (QED) is 0.248. The third kappa shape index (κ3) is 15.6. The van der Waals surface area contributed by atoms with Crippen molar-refractivity contribution >= 4 is 0 Å². The van der Waals surface area contributed by atoms with E-state index in [1.807, 2.05) is 7.11 Å². The Labute approximate surface area is 191 Å². The lowest BCUT2D eigenvalue weighted by Gasteiger charge is -2.24. The summed E-state index contributed by atoms with van der Waals surface area (Å²) < 4.78 is 21.4. The van der Waals surface area contributed by atoms with Crippen molar-refractivity contribution in [2.24, 2.45) is 11.8 Å². The maximum atomic E-state index is 9.83. The van der Waals surface area contributed by atoms with Gasteiger partial charge in [-0.05, 0) is 44.4 Å². The molecule has 0 aliphatic carbocycles. The van der Waals surface area contributed by atoms with Crippen LogP contribution in [0.5, 0.6) is 0 Å². The van der Waals surface area contributed by atoms with E-state index in [0.717, 1.165) is 20.0 Å². The van der Waals surface area contributed by atoms with E-state index in [4.69, 9.17) is 24.1 Å². The van der Waals surface area contributed by atoms with Crippen molar-refractivity contribution in [2.75, 3.05) is 35.5 Å². The first-order chi connectivity index (χ1) is 14.8. The second-order valence-electron chi connectivity index (χ2n) is 8.16. The number of methoxy groups -OCH3 is 4. The Hall–Kier alpha value is -0.760. The molecule has 0 aromatic heterocycles. The van der Waals surface area contributed by atoms with Crippen molar-refractivity contribution in [1.82, 2.24) is 0 Å². The van der Waals surface area contributed by atoms with Crippen LogP contribution in [0.1, 0.15) is 66.2 Å². The second-order valence-corrected chi connectivity index (χ2v) is 8.16. The number of hydrogen-bond acceptors (Lipinski definition) is 6. The summed E-state index contributed by atoms with van der Waals surface area (Å²) in [6.07, 6.45) is 11.7. The van der Waals surface area contributed by atoms with Crippen LogP contribution in [0.2, 0.25) is 0 Å². The summed E-state index contributed by atoms with van der Waals surface area (Å²) >= 11 is 0. The topological polar surface area (TPSA) is 77.4 Å². The molecule has 0 amide bonds. The fourth-order valence-corrected chi connectivity index (χ4v) is 3.68. The van der Waals surface area contributed by atoms with Gasteiger partial charge >= 0.3 is 0 Å². The largest absolute Gasteiger partial charge is 0.400 e. The molecule has 0 fully saturated rings. The van der Waals surface area contributed by atoms with E-state index in [1.54, 1.807) is 14.2 Å². The molecule has 0 heterocycles. The number of hydrogen-bond donors (Lipinski definition) is 2. The van der Waals surface area contributed by atoms with Gasteiger partial charge in [0.05, 0.1) is 12.2 Å². The Morgan fingerprint density at radius 3 is 2.00 bits per heavy atom. The molecule has 6 nitrogen and oxygen atoms in total. The predicted octanol–water partition coefficient (Wildman–Crippen LogP) is 4.74. The van der Waals surface area contributed by atoms with Gasteiger partial charge in [-0.25, -0.2) is 0 Å². The van der Waals surface area contributed by atoms with E-state index in [1.165, 1.54) is 31.9 Å². The van der Waals surface area contributed by atoms with Crippen LogP contribution in [0.15, 0.2) is 23.8 Å². The summed E-state index contributed by atoms with van der Waals surface area (Å²) in [7, 11) is 7.55.